The molecule has 0 aliphatic carbocycles. The summed E-state index contributed by atoms with van der Waals surface area (Å²) in [6.07, 6.45) is 0. The zero-order chi connectivity index (χ0) is 18.4. The second-order valence-electron chi connectivity index (χ2n) is 6.28. The lowest BCUT2D eigenvalue weighted by molar-refractivity contribution is 0.415. The number of aliphatic imine (C=N–C) groups is 1. The van der Waals surface area contributed by atoms with Crippen molar-refractivity contribution in [3.8, 4) is 16.2 Å². The molecule has 0 bridgehead atoms. The van der Waals surface area contributed by atoms with E-state index in [-0.39, 0.29) is 16.5 Å². The molecule has 0 radical (unpaired) electrons. The van der Waals surface area contributed by atoms with Crippen molar-refractivity contribution in [2.75, 3.05) is 12.9 Å². The molecule has 3 rings (SSSR count). The lowest BCUT2D eigenvalue weighted by Crippen LogP contribution is -2.47. The molecule has 0 amide bonds. The predicted molar refractivity (Wildman–Crippen MR) is 98.5 cm³/mol. The summed E-state index contributed by atoms with van der Waals surface area (Å²) in [7, 11) is -1.92. The van der Waals surface area contributed by atoms with Gasteiger partial charge in [-0.3, -0.25) is 4.99 Å². The van der Waals surface area contributed by atoms with Crippen LogP contribution < -0.4 is 10.5 Å². The van der Waals surface area contributed by atoms with Crippen molar-refractivity contribution in [3.05, 3.63) is 41.0 Å². The molecule has 2 heterocycles. The van der Waals surface area contributed by atoms with E-state index in [0.717, 1.165) is 5.56 Å². The molecular formula is C17H19FN2O3S2. The number of amidine groups is 1. The highest BCUT2D eigenvalue weighted by Gasteiger charge is 2.43. The Labute approximate surface area is 150 Å². The van der Waals surface area contributed by atoms with Crippen LogP contribution in [-0.4, -0.2) is 32.4 Å². The van der Waals surface area contributed by atoms with Crippen LogP contribution in [0.4, 0.5) is 4.39 Å². The van der Waals surface area contributed by atoms with Crippen molar-refractivity contribution in [2.24, 2.45) is 10.7 Å². The van der Waals surface area contributed by atoms with Gasteiger partial charge in [0.1, 0.15) is 28.2 Å². The standard InChI is InChI=1S/C17H19FN2O3S2/c1-10-16(19)20-17(2,9-25(10,21)22)15-13(18)8-14(24-15)11-5-4-6-12(7-11)23-3/h4-8,10H,9H2,1-3H3,(H2,19,20)/t10-,17+/m1/s1. The summed E-state index contributed by atoms with van der Waals surface area (Å²) in [5.74, 6) is -0.0665. The Bertz CT molecular complexity index is 953. The molecule has 1 aliphatic rings. The predicted octanol–water partition coefficient (Wildman–Crippen LogP) is 2.95. The van der Waals surface area contributed by atoms with E-state index in [1.54, 1.807) is 26.2 Å². The van der Waals surface area contributed by atoms with Gasteiger partial charge in [0.05, 0.1) is 17.7 Å². The van der Waals surface area contributed by atoms with Crippen molar-refractivity contribution in [2.45, 2.75) is 24.6 Å². The van der Waals surface area contributed by atoms with Gasteiger partial charge in [0.2, 0.25) is 0 Å². The van der Waals surface area contributed by atoms with Gasteiger partial charge in [0, 0.05) is 4.88 Å². The molecule has 0 fully saturated rings. The topological polar surface area (TPSA) is 81.8 Å². The normalized spacial score (nSPS) is 25.4. The molecule has 5 nitrogen and oxygen atoms in total. The number of nitrogens with two attached hydrogens (primary N) is 1. The van der Waals surface area contributed by atoms with Crippen LogP contribution in [0.1, 0.15) is 18.7 Å². The minimum atomic E-state index is -3.49. The highest BCUT2D eigenvalue weighted by Crippen LogP contribution is 2.42. The van der Waals surface area contributed by atoms with Crippen LogP contribution in [-0.2, 0) is 15.4 Å². The molecule has 0 unspecified atom stereocenters. The molecule has 1 aromatic heterocycles. The molecule has 0 spiro atoms. The molecule has 2 aromatic rings. The first-order chi connectivity index (χ1) is 11.7. The zero-order valence-electron chi connectivity index (χ0n) is 14.1. The van der Waals surface area contributed by atoms with Crippen LogP contribution >= 0.6 is 11.3 Å². The third-order valence-corrected chi connectivity index (χ3v) is 8.04. The zero-order valence-corrected chi connectivity index (χ0v) is 15.7. The minimum Gasteiger partial charge on any atom is -0.497 e. The summed E-state index contributed by atoms with van der Waals surface area (Å²) < 4.78 is 44.6. The number of thiophene rings is 1. The van der Waals surface area contributed by atoms with E-state index in [1.165, 1.54) is 24.3 Å². The largest absolute Gasteiger partial charge is 0.497 e. The Morgan fingerprint density at radius 3 is 2.76 bits per heavy atom. The van der Waals surface area contributed by atoms with Crippen molar-refractivity contribution in [1.29, 1.82) is 0 Å². The van der Waals surface area contributed by atoms with Gasteiger partial charge in [0.15, 0.2) is 9.84 Å². The number of hydrogen-bond donors (Lipinski definition) is 1. The monoisotopic (exact) mass is 382 g/mol. The molecule has 0 saturated carbocycles. The maximum absolute atomic E-state index is 14.7. The van der Waals surface area contributed by atoms with Gasteiger partial charge in [-0.05, 0) is 37.6 Å². The molecule has 2 atom stereocenters. The lowest BCUT2D eigenvalue weighted by Gasteiger charge is -2.31. The van der Waals surface area contributed by atoms with Gasteiger partial charge in [-0.1, -0.05) is 12.1 Å². The fourth-order valence-electron chi connectivity index (χ4n) is 2.88. The second-order valence-corrected chi connectivity index (χ2v) is 9.65. The molecule has 25 heavy (non-hydrogen) atoms. The fourth-order valence-corrected chi connectivity index (χ4v) is 5.76. The first-order valence-corrected chi connectivity index (χ1v) is 10.2. The minimum absolute atomic E-state index is 0.0180. The highest BCUT2D eigenvalue weighted by atomic mass is 32.2. The summed E-state index contributed by atoms with van der Waals surface area (Å²) in [6, 6.07) is 8.66. The molecule has 0 saturated heterocycles. The van der Waals surface area contributed by atoms with Crippen molar-refractivity contribution in [3.63, 3.8) is 0 Å². The highest BCUT2D eigenvalue weighted by molar-refractivity contribution is 7.92. The summed E-state index contributed by atoms with van der Waals surface area (Å²) in [6.45, 7) is 3.10. The molecular weight excluding hydrogens is 363 g/mol. The number of benzene rings is 1. The summed E-state index contributed by atoms with van der Waals surface area (Å²) >= 11 is 1.18. The number of nitrogens with zero attached hydrogens (tertiary/aromatic N) is 1. The molecule has 2 N–H and O–H groups in total. The van der Waals surface area contributed by atoms with Crippen molar-refractivity contribution >= 4 is 27.0 Å². The van der Waals surface area contributed by atoms with Crippen molar-refractivity contribution < 1.29 is 17.5 Å². The Balaban J connectivity index is 2.09. The van der Waals surface area contributed by atoms with Crippen LogP contribution in [0.2, 0.25) is 0 Å². The van der Waals surface area contributed by atoms with E-state index in [9.17, 15) is 12.8 Å². The van der Waals surface area contributed by atoms with Crippen LogP contribution in [0.5, 0.6) is 5.75 Å². The Morgan fingerprint density at radius 1 is 1.40 bits per heavy atom. The van der Waals surface area contributed by atoms with Crippen LogP contribution in [0.3, 0.4) is 0 Å². The Kier molecular flexibility index (Phi) is 4.36. The smallest absolute Gasteiger partial charge is 0.162 e. The first kappa shape index (κ1) is 17.9. The fraction of sp³-hybridized carbons (Fsp3) is 0.353. The number of ether oxygens (including phenoxy) is 1. The number of sulfone groups is 1. The van der Waals surface area contributed by atoms with E-state index in [1.807, 2.05) is 12.1 Å². The van der Waals surface area contributed by atoms with Crippen LogP contribution in [0.15, 0.2) is 35.3 Å². The number of methoxy groups -OCH3 is 1. The van der Waals surface area contributed by atoms with E-state index >= 15 is 0 Å². The first-order valence-electron chi connectivity index (χ1n) is 7.67. The van der Waals surface area contributed by atoms with E-state index in [4.69, 9.17) is 10.5 Å². The van der Waals surface area contributed by atoms with Gasteiger partial charge < -0.3 is 10.5 Å². The van der Waals surface area contributed by atoms with Gasteiger partial charge >= 0.3 is 0 Å². The van der Waals surface area contributed by atoms with Gasteiger partial charge in [-0.15, -0.1) is 11.3 Å². The summed E-state index contributed by atoms with van der Waals surface area (Å²) in [5.41, 5.74) is 5.38. The number of rotatable bonds is 3. The maximum Gasteiger partial charge on any atom is 0.162 e. The van der Waals surface area contributed by atoms with Crippen LogP contribution in [0, 0.1) is 5.82 Å². The molecule has 8 heteroatoms. The Morgan fingerprint density at radius 2 is 2.12 bits per heavy atom. The van der Waals surface area contributed by atoms with Gasteiger partial charge in [-0.25, -0.2) is 12.8 Å². The molecule has 1 aromatic carbocycles. The van der Waals surface area contributed by atoms with Crippen LogP contribution in [0.25, 0.3) is 10.4 Å². The lowest BCUT2D eigenvalue weighted by atomic mass is 10.0. The third kappa shape index (κ3) is 3.16. The number of halogens is 1. The van der Waals surface area contributed by atoms with Gasteiger partial charge in [-0.2, -0.15) is 0 Å². The van der Waals surface area contributed by atoms with Gasteiger partial charge in [0.25, 0.3) is 0 Å². The third-order valence-electron chi connectivity index (χ3n) is 4.34. The molecule has 134 valence electrons. The van der Waals surface area contributed by atoms with E-state index in [2.05, 4.69) is 4.99 Å². The Hall–Kier alpha value is -1.93. The second kappa shape index (κ2) is 6.10. The maximum atomic E-state index is 14.7. The SMILES string of the molecule is COc1cccc(-c2cc(F)c([C@]3(C)CS(=O)(=O)[C@H](C)C(N)=N3)s2)c1. The van der Waals surface area contributed by atoms with Crippen molar-refractivity contribution in [1.82, 2.24) is 0 Å². The summed E-state index contributed by atoms with van der Waals surface area (Å²) in [5, 5.41) is -0.846. The number of hydrogen-bond acceptors (Lipinski definition) is 6. The summed E-state index contributed by atoms with van der Waals surface area (Å²) in [4.78, 5) is 5.27. The average Bonchev–Trinajstić information content (AvgIpc) is 2.95. The average molecular weight is 382 g/mol. The molecule has 1 aliphatic heterocycles. The quantitative estimate of drug-likeness (QED) is 0.885. The van der Waals surface area contributed by atoms with E-state index < -0.39 is 26.4 Å². The van der Waals surface area contributed by atoms with E-state index in [0.29, 0.717) is 10.6 Å².